The average Bonchev–Trinajstić information content (AvgIpc) is 3.19. The molecule has 1 heterocycles. The minimum atomic E-state index is -0.479. The fraction of sp³-hybridized carbons (Fsp3) is 0.211. The van der Waals surface area contributed by atoms with Crippen LogP contribution in [0.15, 0.2) is 41.5 Å². The lowest BCUT2D eigenvalue weighted by atomic mass is 10.2. The Balaban J connectivity index is 1.52. The molecule has 0 atom stereocenters. The molecule has 2 amide bonds. The lowest BCUT2D eigenvalue weighted by Crippen LogP contribution is -2.34. The summed E-state index contributed by atoms with van der Waals surface area (Å²) in [5.74, 6) is 1.23. The van der Waals surface area contributed by atoms with Crippen LogP contribution >= 0.6 is 0 Å². The summed E-state index contributed by atoms with van der Waals surface area (Å²) in [6.07, 6.45) is 1.43. The summed E-state index contributed by atoms with van der Waals surface area (Å²) in [6, 6.07) is 10.1. The monoisotopic (exact) mass is 385 g/mol. The van der Waals surface area contributed by atoms with Crippen molar-refractivity contribution in [2.75, 3.05) is 27.6 Å². The Morgan fingerprint density at radius 3 is 2.75 bits per heavy atom. The van der Waals surface area contributed by atoms with E-state index in [2.05, 4.69) is 15.8 Å². The van der Waals surface area contributed by atoms with Crippen molar-refractivity contribution in [1.82, 2.24) is 10.7 Å². The van der Waals surface area contributed by atoms with E-state index in [4.69, 9.17) is 18.9 Å². The van der Waals surface area contributed by atoms with Gasteiger partial charge in [-0.3, -0.25) is 9.59 Å². The number of rotatable bonds is 7. The zero-order chi connectivity index (χ0) is 19.9. The summed E-state index contributed by atoms with van der Waals surface area (Å²) >= 11 is 0. The maximum Gasteiger partial charge on any atom is 0.259 e. The van der Waals surface area contributed by atoms with Crippen molar-refractivity contribution in [3.8, 4) is 23.0 Å². The summed E-state index contributed by atoms with van der Waals surface area (Å²) in [5, 5.41) is 6.39. The third kappa shape index (κ3) is 4.32. The third-order valence-electron chi connectivity index (χ3n) is 3.87. The van der Waals surface area contributed by atoms with Crippen LogP contribution in [0.3, 0.4) is 0 Å². The van der Waals surface area contributed by atoms with Gasteiger partial charge in [-0.2, -0.15) is 5.10 Å². The molecule has 2 aromatic rings. The Bertz CT molecular complexity index is 913. The van der Waals surface area contributed by atoms with Gasteiger partial charge in [-0.1, -0.05) is 6.07 Å². The van der Waals surface area contributed by atoms with Crippen molar-refractivity contribution in [3.05, 3.63) is 47.5 Å². The molecule has 9 heteroatoms. The van der Waals surface area contributed by atoms with E-state index in [1.54, 1.807) is 36.4 Å². The number of nitrogens with zero attached hydrogens (tertiary/aromatic N) is 1. The van der Waals surface area contributed by atoms with Gasteiger partial charge in [0.2, 0.25) is 6.79 Å². The highest BCUT2D eigenvalue weighted by atomic mass is 16.7. The third-order valence-corrected chi connectivity index (χ3v) is 3.87. The number of fused-ring (bicyclic) bond motifs is 1. The SMILES string of the molecule is COc1cccc(C=NNC(=O)CNC(=O)c2ccc3c(c2)OCO3)c1OC. The quantitative estimate of drug-likeness (QED) is 0.550. The van der Waals surface area contributed by atoms with Gasteiger partial charge in [0.25, 0.3) is 11.8 Å². The Labute approximate surface area is 161 Å². The molecule has 2 aromatic carbocycles. The number of carbonyl (C=O) groups excluding carboxylic acids is 2. The van der Waals surface area contributed by atoms with Crippen molar-refractivity contribution in [2.24, 2.45) is 5.10 Å². The zero-order valence-electron chi connectivity index (χ0n) is 15.4. The minimum Gasteiger partial charge on any atom is -0.493 e. The van der Waals surface area contributed by atoms with Gasteiger partial charge in [0, 0.05) is 11.1 Å². The molecule has 0 saturated carbocycles. The Morgan fingerprint density at radius 1 is 1.14 bits per heavy atom. The van der Waals surface area contributed by atoms with E-state index in [0.29, 0.717) is 34.1 Å². The highest BCUT2D eigenvalue weighted by Crippen LogP contribution is 2.32. The second kappa shape index (κ2) is 8.76. The molecule has 2 N–H and O–H groups in total. The normalized spacial score (nSPS) is 11.9. The van der Waals surface area contributed by atoms with E-state index in [1.165, 1.54) is 20.4 Å². The molecular weight excluding hydrogens is 366 g/mol. The fourth-order valence-corrected chi connectivity index (χ4v) is 2.53. The Kier molecular flexibility index (Phi) is 5.95. The van der Waals surface area contributed by atoms with Crippen molar-refractivity contribution < 1.29 is 28.5 Å². The lowest BCUT2D eigenvalue weighted by Gasteiger charge is -2.09. The summed E-state index contributed by atoms with van der Waals surface area (Å²) in [6.45, 7) is -0.112. The molecule has 0 aliphatic carbocycles. The number of hydrazone groups is 1. The first-order chi connectivity index (χ1) is 13.6. The summed E-state index contributed by atoms with van der Waals surface area (Å²) in [5.41, 5.74) is 3.34. The van der Waals surface area contributed by atoms with Crippen LogP contribution in [-0.2, 0) is 4.79 Å². The first-order valence-corrected chi connectivity index (χ1v) is 8.33. The molecule has 0 fully saturated rings. The highest BCUT2D eigenvalue weighted by Gasteiger charge is 2.16. The van der Waals surface area contributed by atoms with Crippen LogP contribution in [0.5, 0.6) is 23.0 Å². The number of methoxy groups -OCH3 is 2. The van der Waals surface area contributed by atoms with E-state index in [-0.39, 0.29) is 13.3 Å². The van der Waals surface area contributed by atoms with Crippen molar-refractivity contribution in [1.29, 1.82) is 0 Å². The summed E-state index contributed by atoms with van der Waals surface area (Å²) in [4.78, 5) is 24.0. The number of hydrogen-bond donors (Lipinski definition) is 2. The van der Waals surface area contributed by atoms with Crippen LogP contribution in [-0.4, -0.2) is 45.6 Å². The van der Waals surface area contributed by atoms with Crippen molar-refractivity contribution >= 4 is 18.0 Å². The first-order valence-electron chi connectivity index (χ1n) is 8.33. The van der Waals surface area contributed by atoms with Gasteiger partial charge in [-0.25, -0.2) is 5.43 Å². The lowest BCUT2D eigenvalue weighted by molar-refractivity contribution is -0.120. The van der Waals surface area contributed by atoms with Gasteiger partial charge in [0.1, 0.15) is 0 Å². The second-order valence-corrected chi connectivity index (χ2v) is 5.63. The smallest absolute Gasteiger partial charge is 0.259 e. The Morgan fingerprint density at radius 2 is 1.96 bits per heavy atom. The van der Waals surface area contributed by atoms with Crippen LogP contribution in [0.2, 0.25) is 0 Å². The fourth-order valence-electron chi connectivity index (χ4n) is 2.53. The van der Waals surface area contributed by atoms with Gasteiger partial charge in [0.05, 0.1) is 27.0 Å². The molecule has 28 heavy (non-hydrogen) atoms. The van der Waals surface area contributed by atoms with E-state index in [0.717, 1.165) is 0 Å². The van der Waals surface area contributed by atoms with E-state index in [1.807, 2.05) is 0 Å². The number of amides is 2. The molecule has 146 valence electrons. The predicted molar refractivity (Wildman–Crippen MR) is 100 cm³/mol. The van der Waals surface area contributed by atoms with Gasteiger partial charge in [0.15, 0.2) is 23.0 Å². The largest absolute Gasteiger partial charge is 0.493 e. The molecule has 1 aliphatic rings. The molecular formula is C19H19N3O6. The van der Waals surface area contributed by atoms with Gasteiger partial charge in [-0.05, 0) is 30.3 Å². The topological polar surface area (TPSA) is 107 Å². The van der Waals surface area contributed by atoms with Gasteiger partial charge >= 0.3 is 0 Å². The number of carbonyl (C=O) groups is 2. The van der Waals surface area contributed by atoms with E-state index in [9.17, 15) is 9.59 Å². The van der Waals surface area contributed by atoms with Crippen molar-refractivity contribution in [2.45, 2.75) is 0 Å². The zero-order valence-corrected chi connectivity index (χ0v) is 15.4. The molecule has 0 unspecified atom stereocenters. The molecule has 0 spiro atoms. The van der Waals surface area contributed by atoms with Gasteiger partial charge < -0.3 is 24.3 Å². The molecule has 3 rings (SSSR count). The molecule has 0 bridgehead atoms. The number of para-hydroxylation sites is 1. The van der Waals surface area contributed by atoms with Crippen LogP contribution < -0.4 is 29.7 Å². The van der Waals surface area contributed by atoms with E-state index < -0.39 is 11.8 Å². The predicted octanol–water partition coefficient (Wildman–Crippen LogP) is 1.31. The number of hydrogen-bond acceptors (Lipinski definition) is 7. The molecule has 0 aromatic heterocycles. The van der Waals surface area contributed by atoms with Crippen molar-refractivity contribution in [3.63, 3.8) is 0 Å². The summed E-state index contributed by atoms with van der Waals surface area (Å²) < 4.78 is 20.9. The molecule has 0 saturated heterocycles. The van der Waals surface area contributed by atoms with E-state index >= 15 is 0 Å². The maximum atomic E-state index is 12.1. The van der Waals surface area contributed by atoms with Crippen LogP contribution in [0, 0.1) is 0 Å². The number of nitrogens with one attached hydrogen (secondary N) is 2. The second-order valence-electron chi connectivity index (χ2n) is 5.63. The maximum absolute atomic E-state index is 12.1. The standard InChI is InChI=1S/C19H19N3O6/c1-25-15-5-3-4-13(18(15)26-2)9-21-22-17(23)10-20-19(24)12-6-7-14-16(8-12)28-11-27-14/h3-9H,10-11H2,1-2H3,(H,20,24)(H,22,23). The highest BCUT2D eigenvalue weighted by molar-refractivity contribution is 5.97. The van der Waals surface area contributed by atoms with Gasteiger partial charge in [-0.15, -0.1) is 0 Å². The first kappa shape index (κ1) is 19.0. The van der Waals surface area contributed by atoms with Crippen LogP contribution in [0.25, 0.3) is 0 Å². The molecule has 9 nitrogen and oxygen atoms in total. The van der Waals surface area contributed by atoms with Crippen LogP contribution in [0.1, 0.15) is 15.9 Å². The Hall–Kier alpha value is -3.75. The summed E-state index contributed by atoms with van der Waals surface area (Å²) in [7, 11) is 3.04. The number of ether oxygens (including phenoxy) is 4. The minimum absolute atomic E-state index is 0.124. The molecule has 0 radical (unpaired) electrons. The van der Waals surface area contributed by atoms with Crippen LogP contribution in [0.4, 0.5) is 0 Å². The number of benzene rings is 2. The molecule has 1 aliphatic heterocycles. The average molecular weight is 385 g/mol.